The predicted molar refractivity (Wildman–Crippen MR) is 82.1 cm³/mol. The fourth-order valence-corrected chi connectivity index (χ4v) is 2.17. The number of amides is 1. The highest BCUT2D eigenvalue weighted by molar-refractivity contribution is 5.89. The number of aromatic nitrogens is 2. The molecule has 1 aromatic heterocycles. The first kappa shape index (κ1) is 13.1. The van der Waals surface area contributed by atoms with Gasteiger partial charge in [0.2, 0.25) is 5.91 Å². The summed E-state index contributed by atoms with van der Waals surface area (Å²) < 4.78 is 0. The normalized spacial score (nSPS) is 10.5. The molecule has 0 bridgehead atoms. The Hall–Kier alpha value is -2.95. The maximum Gasteiger partial charge on any atom is 0.274 e. The fraction of sp³-hybridized carbons (Fsp3) is 0.0625. The Labute approximate surface area is 120 Å². The number of anilines is 1. The molecule has 1 heterocycles. The SMILES string of the molecule is CC(=O)Nc1cccc(-c2nc3ccccc3[nH]c2=O)c1. The fourth-order valence-electron chi connectivity index (χ4n) is 2.17. The van der Waals surface area contributed by atoms with Gasteiger partial charge in [-0.3, -0.25) is 9.59 Å². The third kappa shape index (κ3) is 2.67. The minimum absolute atomic E-state index is 0.160. The number of fused-ring (bicyclic) bond motifs is 1. The molecule has 0 saturated heterocycles. The lowest BCUT2D eigenvalue weighted by atomic mass is 10.1. The van der Waals surface area contributed by atoms with Gasteiger partial charge in [-0.05, 0) is 24.3 Å². The summed E-state index contributed by atoms with van der Waals surface area (Å²) in [5, 5.41) is 2.69. The van der Waals surface area contributed by atoms with Gasteiger partial charge in [0.15, 0.2) is 0 Å². The van der Waals surface area contributed by atoms with Crippen molar-refractivity contribution in [1.82, 2.24) is 9.97 Å². The first-order chi connectivity index (χ1) is 10.1. The van der Waals surface area contributed by atoms with Crippen molar-refractivity contribution >= 4 is 22.6 Å². The maximum atomic E-state index is 12.2. The van der Waals surface area contributed by atoms with Crippen molar-refractivity contribution in [2.75, 3.05) is 5.32 Å². The van der Waals surface area contributed by atoms with Crippen LogP contribution < -0.4 is 10.9 Å². The molecule has 0 fully saturated rings. The number of nitrogens with one attached hydrogen (secondary N) is 2. The van der Waals surface area contributed by atoms with Crippen molar-refractivity contribution in [2.24, 2.45) is 0 Å². The molecule has 0 atom stereocenters. The van der Waals surface area contributed by atoms with E-state index in [1.54, 1.807) is 30.3 Å². The Kier molecular flexibility index (Phi) is 3.23. The van der Waals surface area contributed by atoms with Crippen molar-refractivity contribution in [2.45, 2.75) is 6.92 Å². The van der Waals surface area contributed by atoms with Crippen LogP contribution in [0, 0.1) is 0 Å². The van der Waals surface area contributed by atoms with Crippen LogP contribution in [0.15, 0.2) is 53.3 Å². The molecule has 0 saturated carbocycles. The third-order valence-corrected chi connectivity index (χ3v) is 3.06. The van der Waals surface area contributed by atoms with E-state index in [9.17, 15) is 9.59 Å². The predicted octanol–water partition coefficient (Wildman–Crippen LogP) is 2.55. The van der Waals surface area contributed by atoms with E-state index in [-0.39, 0.29) is 11.5 Å². The second kappa shape index (κ2) is 5.20. The molecule has 0 spiro atoms. The molecule has 5 nitrogen and oxygen atoms in total. The minimum Gasteiger partial charge on any atom is -0.326 e. The number of carbonyl (C=O) groups excluding carboxylic acids is 1. The largest absolute Gasteiger partial charge is 0.326 e. The van der Waals surface area contributed by atoms with E-state index in [4.69, 9.17) is 0 Å². The Morgan fingerprint density at radius 1 is 1.14 bits per heavy atom. The third-order valence-electron chi connectivity index (χ3n) is 3.06. The van der Waals surface area contributed by atoms with Crippen molar-refractivity contribution in [3.8, 4) is 11.3 Å². The van der Waals surface area contributed by atoms with E-state index < -0.39 is 0 Å². The van der Waals surface area contributed by atoms with Crippen LogP contribution in [-0.4, -0.2) is 15.9 Å². The molecular formula is C16H13N3O2. The highest BCUT2D eigenvalue weighted by Gasteiger charge is 2.08. The zero-order valence-electron chi connectivity index (χ0n) is 11.4. The molecule has 3 rings (SSSR count). The van der Waals surface area contributed by atoms with Crippen LogP contribution in [0.3, 0.4) is 0 Å². The lowest BCUT2D eigenvalue weighted by Gasteiger charge is -2.06. The van der Waals surface area contributed by atoms with Gasteiger partial charge in [-0.15, -0.1) is 0 Å². The monoisotopic (exact) mass is 279 g/mol. The van der Waals surface area contributed by atoms with E-state index in [1.165, 1.54) is 6.92 Å². The summed E-state index contributed by atoms with van der Waals surface area (Å²) in [6.07, 6.45) is 0. The number of H-pyrrole nitrogens is 1. The summed E-state index contributed by atoms with van der Waals surface area (Å²) in [6.45, 7) is 1.44. The minimum atomic E-state index is -0.256. The number of hydrogen-bond acceptors (Lipinski definition) is 3. The molecule has 0 aliphatic carbocycles. The summed E-state index contributed by atoms with van der Waals surface area (Å²) in [5.41, 5.74) is 2.79. The number of para-hydroxylation sites is 2. The average Bonchev–Trinajstić information content (AvgIpc) is 2.46. The molecule has 2 N–H and O–H groups in total. The van der Waals surface area contributed by atoms with Crippen molar-refractivity contribution in [1.29, 1.82) is 0 Å². The van der Waals surface area contributed by atoms with Crippen molar-refractivity contribution < 1.29 is 4.79 Å². The van der Waals surface area contributed by atoms with Gasteiger partial charge < -0.3 is 10.3 Å². The summed E-state index contributed by atoms with van der Waals surface area (Å²) in [6, 6.07) is 14.4. The van der Waals surface area contributed by atoms with Crippen LogP contribution in [0.1, 0.15) is 6.92 Å². The Morgan fingerprint density at radius 3 is 2.76 bits per heavy atom. The average molecular weight is 279 g/mol. The van der Waals surface area contributed by atoms with E-state index >= 15 is 0 Å². The number of aromatic amines is 1. The standard InChI is InChI=1S/C16H13N3O2/c1-10(20)17-12-6-4-5-11(9-12)15-16(21)19-14-8-3-2-7-13(14)18-15/h2-9H,1H3,(H,17,20)(H,19,21). The van der Waals surface area contributed by atoms with Crippen LogP contribution in [0.4, 0.5) is 5.69 Å². The van der Waals surface area contributed by atoms with Gasteiger partial charge >= 0.3 is 0 Å². The van der Waals surface area contributed by atoms with Crippen LogP contribution in [0.5, 0.6) is 0 Å². The molecule has 1 amide bonds. The molecule has 0 aliphatic heterocycles. The van der Waals surface area contributed by atoms with E-state index in [0.29, 0.717) is 22.5 Å². The number of carbonyl (C=O) groups is 1. The first-order valence-corrected chi connectivity index (χ1v) is 6.50. The van der Waals surface area contributed by atoms with Crippen LogP contribution in [0.2, 0.25) is 0 Å². The maximum absolute atomic E-state index is 12.2. The zero-order valence-corrected chi connectivity index (χ0v) is 11.4. The summed E-state index contributed by atoms with van der Waals surface area (Å²) in [5.74, 6) is -0.160. The van der Waals surface area contributed by atoms with Crippen molar-refractivity contribution in [3.63, 3.8) is 0 Å². The second-order valence-electron chi connectivity index (χ2n) is 4.69. The lowest BCUT2D eigenvalue weighted by molar-refractivity contribution is -0.114. The Morgan fingerprint density at radius 2 is 1.95 bits per heavy atom. The quantitative estimate of drug-likeness (QED) is 0.757. The smallest absolute Gasteiger partial charge is 0.274 e. The van der Waals surface area contributed by atoms with Gasteiger partial charge in [-0.25, -0.2) is 4.98 Å². The summed E-state index contributed by atoms with van der Waals surface area (Å²) in [7, 11) is 0. The Bertz CT molecular complexity index is 884. The topological polar surface area (TPSA) is 74.8 Å². The van der Waals surface area contributed by atoms with Crippen LogP contribution in [0.25, 0.3) is 22.3 Å². The summed E-state index contributed by atoms with van der Waals surface area (Å²) in [4.78, 5) is 30.5. The number of nitrogens with zero attached hydrogens (tertiary/aromatic N) is 1. The van der Waals surface area contributed by atoms with E-state index in [2.05, 4.69) is 15.3 Å². The van der Waals surface area contributed by atoms with Crippen molar-refractivity contribution in [3.05, 3.63) is 58.9 Å². The highest BCUT2D eigenvalue weighted by Crippen LogP contribution is 2.19. The van der Waals surface area contributed by atoms with Crippen LogP contribution in [-0.2, 0) is 4.79 Å². The number of rotatable bonds is 2. The Balaban J connectivity index is 2.13. The molecule has 0 unspecified atom stereocenters. The zero-order chi connectivity index (χ0) is 14.8. The first-order valence-electron chi connectivity index (χ1n) is 6.50. The number of benzene rings is 2. The molecule has 2 aromatic carbocycles. The van der Waals surface area contributed by atoms with Gasteiger partial charge in [-0.1, -0.05) is 24.3 Å². The van der Waals surface area contributed by atoms with Crippen LogP contribution >= 0.6 is 0 Å². The lowest BCUT2D eigenvalue weighted by Crippen LogP contribution is -2.12. The van der Waals surface area contributed by atoms with Gasteiger partial charge in [0.05, 0.1) is 11.0 Å². The van der Waals surface area contributed by atoms with E-state index in [1.807, 2.05) is 18.2 Å². The second-order valence-corrected chi connectivity index (χ2v) is 4.69. The number of hydrogen-bond donors (Lipinski definition) is 2. The molecule has 0 radical (unpaired) electrons. The van der Waals surface area contributed by atoms with Gasteiger partial charge in [-0.2, -0.15) is 0 Å². The van der Waals surface area contributed by atoms with Gasteiger partial charge in [0.25, 0.3) is 5.56 Å². The van der Waals surface area contributed by atoms with Gasteiger partial charge in [0, 0.05) is 18.2 Å². The molecule has 3 aromatic rings. The molecule has 21 heavy (non-hydrogen) atoms. The molecule has 5 heteroatoms. The van der Waals surface area contributed by atoms with E-state index in [0.717, 1.165) is 5.52 Å². The van der Waals surface area contributed by atoms with Gasteiger partial charge in [0.1, 0.15) is 5.69 Å². The molecule has 104 valence electrons. The molecule has 0 aliphatic rings. The molecular weight excluding hydrogens is 266 g/mol. The highest BCUT2D eigenvalue weighted by atomic mass is 16.1. The summed E-state index contributed by atoms with van der Waals surface area (Å²) >= 11 is 0.